The van der Waals surface area contributed by atoms with Crippen molar-refractivity contribution in [1.82, 2.24) is 29.6 Å². The van der Waals surface area contributed by atoms with E-state index in [2.05, 4.69) is 61.3 Å². The molecule has 0 unspecified atom stereocenters. The molecular weight excluding hydrogens is 462 g/mol. The molecule has 5 aromatic rings. The fourth-order valence-electron chi connectivity index (χ4n) is 5.00. The summed E-state index contributed by atoms with van der Waals surface area (Å²) in [4.78, 5) is 18.5. The van der Waals surface area contributed by atoms with Crippen LogP contribution in [0.1, 0.15) is 5.56 Å². The molecule has 2 aromatic carbocycles. The topological polar surface area (TPSA) is 72.2 Å². The molecule has 0 saturated carbocycles. The highest BCUT2D eigenvalue weighted by molar-refractivity contribution is 5.97. The van der Waals surface area contributed by atoms with Crippen LogP contribution in [0, 0.1) is 0 Å². The predicted octanol–water partition coefficient (Wildman–Crippen LogP) is 4.42. The monoisotopic (exact) mass is 491 g/mol. The number of nitrogens with zero attached hydrogens (tertiary/aromatic N) is 7. The molecule has 0 amide bonds. The Balaban J connectivity index is 1.20. The van der Waals surface area contributed by atoms with Crippen molar-refractivity contribution in [3.63, 3.8) is 0 Å². The largest absolute Gasteiger partial charge is 0.496 e. The molecule has 6 rings (SSSR count). The van der Waals surface area contributed by atoms with Gasteiger partial charge < -0.3 is 9.64 Å². The minimum absolute atomic E-state index is 0.895. The van der Waals surface area contributed by atoms with E-state index >= 15 is 0 Å². The summed E-state index contributed by atoms with van der Waals surface area (Å²) in [5.41, 5.74) is 6.37. The number of hydrogen-bond donors (Lipinski definition) is 0. The Morgan fingerprint density at radius 3 is 2.49 bits per heavy atom. The van der Waals surface area contributed by atoms with Gasteiger partial charge in [-0.2, -0.15) is 5.10 Å². The summed E-state index contributed by atoms with van der Waals surface area (Å²) in [6.45, 7) is 4.74. The number of hydrogen-bond acceptors (Lipinski definition) is 7. The van der Waals surface area contributed by atoms with E-state index in [1.165, 1.54) is 5.56 Å². The standard InChI is InChI=1S/C29H29N7O/c1-34-18-24(16-33-34)23-13-25(26-17-30-20-32-27(26)14-23)21-7-8-29(31-15-21)36-11-9-35(10-12-36)19-22-5-3-4-6-28(22)37-2/h3-8,13-18,20H,9-12,19H2,1-2H3. The lowest BCUT2D eigenvalue weighted by Crippen LogP contribution is -2.46. The third kappa shape index (κ3) is 4.75. The number of fused-ring (bicyclic) bond motifs is 1. The first-order valence-electron chi connectivity index (χ1n) is 12.5. The lowest BCUT2D eigenvalue weighted by Gasteiger charge is -2.35. The summed E-state index contributed by atoms with van der Waals surface area (Å²) in [6, 6.07) is 16.8. The van der Waals surface area contributed by atoms with Crippen LogP contribution in [0.15, 0.2) is 79.6 Å². The average Bonchev–Trinajstić information content (AvgIpc) is 3.39. The van der Waals surface area contributed by atoms with Crippen molar-refractivity contribution >= 4 is 16.7 Å². The molecule has 3 aromatic heterocycles. The highest BCUT2D eigenvalue weighted by atomic mass is 16.5. The third-order valence-electron chi connectivity index (χ3n) is 7.01. The van der Waals surface area contributed by atoms with Gasteiger partial charge in [0, 0.05) is 80.4 Å². The second kappa shape index (κ2) is 9.99. The molecule has 0 N–H and O–H groups in total. The first kappa shape index (κ1) is 23.1. The highest BCUT2D eigenvalue weighted by Crippen LogP contribution is 2.33. The van der Waals surface area contributed by atoms with Gasteiger partial charge in [0.05, 0.1) is 18.8 Å². The van der Waals surface area contributed by atoms with E-state index in [1.807, 2.05) is 48.6 Å². The minimum atomic E-state index is 0.895. The highest BCUT2D eigenvalue weighted by Gasteiger charge is 2.19. The van der Waals surface area contributed by atoms with Gasteiger partial charge in [-0.25, -0.2) is 15.0 Å². The summed E-state index contributed by atoms with van der Waals surface area (Å²) >= 11 is 0. The molecule has 1 saturated heterocycles. The van der Waals surface area contributed by atoms with Gasteiger partial charge in [-0.05, 0) is 41.5 Å². The lowest BCUT2D eigenvalue weighted by atomic mass is 9.97. The average molecular weight is 492 g/mol. The SMILES string of the molecule is COc1ccccc1CN1CCN(c2ccc(-c3cc(-c4cnn(C)c4)cc4ncncc34)cn2)CC1. The molecule has 0 radical (unpaired) electrons. The maximum absolute atomic E-state index is 5.53. The van der Waals surface area contributed by atoms with Crippen molar-refractivity contribution in [1.29, 1.82) is 0 Å². The molecule has 0 bridgehead atoms. The molecule has 186 valence electrons. The van der Waals surface area contributed by atoms with Gasteiger partial charge >= 0.3 is 0 Å². The second-order valence-corrected chi connectivity index (χ2v) is 9.36. The number of aromatic nitrogens is 5. The molecule has 1 fully saturated rings. The molecule has 0 atom stereocenters. The Kier molecular flexibility index (Phi) is 6.24. The number of piperazine rings is 1. The van der Waals surface area contributed by atoms with E-state index in [4.69, 9.17) is 9.72 Å². The Morgan fingerprint density at radius 2 is 1.73 bits per heavy atom. The lowest BCUT2D eigenvalue weighted by molar-refractivity contribution is 0.245. The number of methoxy groups -OCH3 is 1. The number of anilines is 1. The van der Waals surface area contributed by atoms with Crippen LogP contribution in [-0.2, 0) is 13.6 Å². The maximum Gasteiger partial charge on any atom is 0.128 e. The zero-order valence-electron chi connectivity index (χ0n) is 21.1. The second-order valence-electron chi connectivity index (χ2n) is 9.36. The van der Waals surface area contributed by atoms with Crippen molar-refractivity contribution in [3.05, 3.63) is 85.2 Å². The van der Waals surface area contributed by atoms with Gasteiger partial charge in [-0.1, -0.05) is 18.2 Å². The van der Waals surface area contributed by atoms with Crippen LogP contribution < -0.4 is 9.64 Å². The van der Waals surface area contributed by atoms with Crippen LogP contribution in [0.2, 0.25) is 0 Å². The summed E-state index contributed by atoms with van der Waals surface area (Å²) in [6.07, 6.45) is 9.32. The molecule has 4 heterocycles. The van der Waals surface area contributed by atoms with Crippen molar-refractivity contribution in [3.8, 4) is 28.0 Å². The fourth-order valence-corrected chi connectivity index (χ4v) is 5.00. The van der Waals surface area contributed by atoms with Crippen molar-refractivity contribution < 1.29 is 4.74 Å². The van der Waals surface area contributed by atoms with Crippen LogP contribution in [0.5, 0.6) is 5.75 Å². The van der Waals surface area contributed by atoms with Crippen LogP contribution in [0.4, 0.5) is 5.82 Å². The fraction of sp³-hybridized carbons (Fsp3) is 0.241. The van der Waals surface area contributed by atoms with Crippen LogP contribution in [-0.4, -0.2) is 62.9 Å². The first-order chi connectivity index (χ1) is 18.2. The number of pyridine rings is 1. The third-order valence-corrected chi connectivity index (χ3v) is 7.01. The molecule has 1 aliphatic rings. The number of rotatable bonds is 6. The molecule has 8 heteroatoms. The molecular formula is C29H29N7O. The zero-order chi connectivity index (χ0) is 25.2. The van der Waals surface area contributed by atoms with Crippen molar-refractivity contribution in [2.75, 3.05) is 38.2 Å². The summed E-state index contributed by atoms with van der Waals surface area (Å²) in [7, 11) is 3.66. The minimum Gasteiger partial charge on any atom is -0.496 e. The number of para-hydroxylation sites is 1. The van der Waals surface area contributed by atoms with Gasteiger partial charge in [0.2, 0.25) is 0 Å². The van der Waals surface area contributed by atoms with Gasteiger partial charge in [-0.3, -0.25) is 9.58 Å². The van der Waals surface area contributed by atoms with E-state index < -0.39 is 0 Å². The van der Waals surface area contributed by atoms with E-state index in [0.29, 0.717) is 0 Å². The number of benzene rings is 2. The molecule has 1 aliphatic heterocycles. The normalized spacial score (nSPS) is 14.3. The summed E-state index contributed by atoms with van der Waals surface area (Å²) < 4.78 is 7.34. The van der Waals surface area contributed by atoms with Gasteiger partial charge in [0.25, 0.3) is 0 Å². The smallest absolute Gasteiger partial charge is 0.128 e. The van der Waals surface area contributed by atoms with Gasteiger partial charge in [-0.15, -0.1) is 0 Å². The van der Waals surface area contributed by atoms with E-state index in [-0.39, 0.29) is 0 Å². The molecule has 8 nitrogen and oxygen atoms in total. The Hall–Kier alpha value is -4.30. The van der Waals surface area contributed by atoms with Crippen LogP contribution in [0.25, 0.3) is 33.2 Å². The van der Waals surface area contributed by atoms with Gasteiger partial charge in [0.1, 0.15) is 17.9 Å². The first-order valence-corrected chi connectivity index (χ1v) is 12.5. The predicted molar refractivity (Wildman–Crippen MR) is 145 cm³/mol. The Morgan fingerprint density at radius 1 is 0.865 bits per heavy atom. The maximum atomic E-state index is 5.53. The summed E-state index contributed by atoms with van der Waals surface area (Å²) in [5.74, 6) is 1.96. The number of aryl methyl sites for hydroxylation is 1. The molecule has 37 heavy (non-hydrogen) atoms. The molecule has 0 spiro atoms. The Labute approximate surface area is 216 Å². The van der Waals surface area contributed by atoms with E-state index in [0.717, 1.165) is 77.4 Å². The van der Waals surface area contributed by atoms with Crippen LogP contribution >= 0.6 is 0 Å². The Bertz CT molecular complexity index is 1520. The summed E-state index contributed by atoms with van der Waals surface area (Å²) in [5, 5.41) is 5.34. The van der Waals surface area contributed by atoms with Gasteiger partial charge in [0.15, 0.2) is 0 Å². The van der Waals surface area contributed by atoms with E-state index in [9.17, 15) is 0 Å². The van der Waals surface area contributed by atoms with Crippen molar-refractivity contribution in [2.45, 2.75) is 6.54 Å². The van der Waals surface area contributed by atoms with Crippen molar-refractivity contribution in [2.24, 2.45) is 7.05 Å². The quantitative estimate of drug-likeness (QED) is 0.348. The zero-order valence-corrected chi connectivity index (χ0v) is 21.1. The number of ether oxygens (including phenoxy) is 1. The van der Waals surface area contributed by atoms with E-state index in [1.54, 1.807) is 13.4 Å². The molecule has 0 aliphatic carbocycles. The van der Waals surface area contributed by atoms with Crippen LogP contribution in [0.3, 0.4) is 0 Å².